The standard InChI is InChI=1S/C14H23N3O/c1-15-12-8-6-11(7-9-12)14-16-13(17-18-14)10-4-2-3-5-10/h10-12,15H,2-9H2,1H3. The first-order valence-electron chi connectivity index (χ1n) is 7.37. The number of hydrogen-bond acceptors (Lipinski definition) is 4. The van der Waals surface area contributed by atoms with E-state index in [2.05, 4.69) is 22.5 Å². The molecule has 1 aromatic heterocycles. The first kappa shape index (κ1) is 12.2. The number of nitrogens with zero attached hydrogens (tertiary/aromatic N) is 2. The van der Waals surface area contributed by atoms with Crippen LogP contribution < -0.4 is 5.32 Å². The molecule has 18 heavy (non-hydrogen) atoms. The zero-order valence-electron chi connectivity index (χ0n) is 11.2. The summed E-state index contributed by atoms with van der Waals surface area (Å²) in [5.41, 5.74) is 0. The van der Waals surface area contributed by atoms with Crippen LogP contribution in [0, 0.1) is 0 Å². The van der Waals surface area contributed by atoms with E-state index in [1.54, 1.807) is 0 Å². The first-order valence-corrected chi connectivity index (χ1v) is 7.37. The summed E-state index contributed by atoms with van der Waals surface area (Å²) in [6.07, 6.45) is 9.93. The van der Waals surface area contributed by atoms with Gasteiger partial charge in [0.15, 0.2) is 5.82 Å². The first-order chi connectivity index (χ1) is 8.86. The van der Waals surface area contributed by atoms with Gasteiger partial charge in [0.25, 0.3) is 0 Å². The number of aromatic nitrogens is 2. The molecule has 2 aliphatic rings. The van der Waals surface area contributed by atoms with Gasteiger partial charge >= 0.3 is 0 Å². The van der Waals surface area contributed by atoms with E-state index in [1.807, 2.05) is 0 Å². The third-order valence-corrected chi connectivity index (χ3v) is 4.66. The van der Waals surface area contributed by atoms with E-state index < -0.39 is 0 Å². The molecular formula is C14H23N3O. The van der Waals surface area contributed by atoms with Gasteiger partial charge in [-0.3, -0.25) is 0 Å². The molecule has 1 heterocycles. The largest absolute Gasteiger partial charge is 0.339 e. The van der Waals surface area contributed by atoms with E-state index in [9.17, 15) is 0 Å². The van der Waals surface area contributed by atoms with Crippen molar-refractivity contribution < 1.29 is 4.52 Å². The third-order valence-electron chi connectivity index (χ3n) is 4.66. The summed E-state index contributed by atoms with van der Waals surface area (Å²) in [6.45, 7) is 0. The predicted molar refractivity (Wildman–Crippen MR) is 69.6 cm³/mol. The van der Waals surface area contributed by atoms with Crippen LogP contribution in [0.5, 0.6) is 0 Å². The lowest BCUT2D eigenvalue weighted by atomic mass is 9.86. The van der Waals surface area contributed by atoms with Crippen LogP contribution in [0.15, 0.2) is 4.52 Å². The number of nitrogens with one attached hydrogen (secondary N) is 1. The highest BCUT2D eigenvalue weighted by molar-refractivity contribution is 5.02. The molecule has 0 bridgehead atoms. The van der Waals surface area contributed by atoms with Crippen LogP contribution in [0.4, 0.5) is 0 Å². The maximum Gasteiger partial charge on any atom is 0.229 e. The van der Waals surface area contributed by atoms with Gasteiger partial charge in [-0.2, -0.15) is 4.98 Å². The van der Waals surface area contributed by atoms with Crippen LogP contribution in [-0.4, -0.2) is 23.2 Å². The lowest BCUT2D eigenvalue weighted by molar-refractivity contribution is 0.287. The molecule has 4 nitrogen and oxygen atoms in total. The van der Waals surface area contributed by atoms with Crippen molar-refractivity contribution in [2.24, 2.45) is 0 Å². The minimum absolute atomic E-state index is 0.497. The van der Waals surface area contributed by atoms with Gasteiger partial charge in [0.2, 0.25) is 5.89 Å². The van der Waals surface area contributed by atoms with Gasteiger partial charge in [-0.05, 0) is 45.6 Å². The highest BCUT2D eigenvalue weighted by atomic mass is 16.5. The van der Waals surface area contributed by atoms with Gasteiger partial charge in [-0.25, -0.2) is 0 Å². The highest BCUT2D eigenvalue weighted by Gasteiger charge is 2.28. The molecule has 0 amide bonds. The summed E-state index contributed by atoms with van der Waals surface area (Å²) in [4.78, 5) is 4.67. The van der Waals surface area contributed by atoms with E-state index in [-0.39, 0.29) is 0 Å². The lowest BCUT2D eigenvalue weighted by Crippen LogP contribution is -2.29. The van der Waals surface area contributed by atoms with Crippen molar-refractivity contribution in [1.29, 1.82) is 0 Å². The minimum Gasteiger partial charge on any atom is -0.339 e. The van der Waals surface area contributed by atoms with Gasteiger partial charge < -0.3 is 9.84 Å². The van der Waals surface area contributed by atoms with E-state index in [0.29, 0.717) is 17.9 Å². The molecule has 0 aliphatic heterocycles. The Morgan fingerprint density at radius 3 is 2.39 bits per heavy atom. The Hall–Kier alpha value is -0.900. The maximum atomic E-state index is 5.50. The van der Waals surface area contributed by atoms with Crippen molar-refractivity contribution in [3.63, 3.8) is 0 Å². The Kier molecular flexibility index (Phi) is 3.64. The fraction of sp³-hybridized carbons (Fsp3) is 0.857. The molecule has 0 atom stereocenters. The second kappa shape index (κ2) is 5.39. The van der Waals surface area contributed by atoms with Crippen LogP contribution in [0.2, 0.25) is 0 Å². The van der Waals surface area contributed by atoms with Crippen molar-refractivity contribution in [2.45, 2.75) is 69.2 Å². The van der Waals surface area contributed by atoms with Crippen molar-refractivity contribution in [1.82, 2.24) is 15.5 Å². The molecule has 0 unspecified atom stereocenters. The van der Waals surface area contributed by atoms with E-state index in [0.717, 1.165) is 11.7 Å². The summed E-state index contributed by atoms with van der Waals surface area (Å²) in [5, 5.41) is 7.57. The Bertz CT molecular complexity index is 376. The Morgan fingerprint density at radius 2 is 1.72 bits per heavy atom. The van der Waals surface area contributed by atoms with Gasteiger partial charge in [-0.15, -0.1) is 0 Å². The SMILES string of the molecule is CNC1CCC(c2nc(C3CCCC3)no2)CC1. The van der Waals surface area contributed by atoms with Gasteiger partial charge in [-0.1, -0.05) is 18.0 Å². The van der Waals surface area contributed by atoms with Crippen molar-refractivity contribution in [3.8, 4) is 0 Å². The summed E-state index contributed by atoms with van der Waals surface area (Å²) >= 11 is 0. The summed E-state index contributed by atoms with van der Waals surface area (Å²) in [5.74, 6) is 2.93. The monoisotopic (exact) mass is 249 g/mol. The van der Waals surface area contributed by atoms with Crippen LogP contribution in [-0.2, 0) is 0 Å². The highest BCUT2D eigenvalue weighted by Crippen LogP contribution is 2.35. The second-order valence-corrected chi connectivity index (χ2v) is 5.81. The zero-order chi connectivity index (χ0) is 12.4. The normalized spacial score (nSPS) is 29.8. The number of rotatable bonds is 3. The minimum atomic E-state index is 0.497. The molecule has 4 heteroatoms. The molecule has 100 valence electrons. The third kappa shape index (κ3) is 2.44. The fourth-order valence-electron chi connectivity index (χ4n) is 3.39. The van der Waals surface area contributed by atoms with E-state index >= 15 is 0 Å². The molecule has 0 radical (unpaired) electrons. The lowest BCUT2D eigenvalue weighted by Gasteiger charge is -2.25. The zero-order valence-corrected chi connectivity index (χ0v) is 11.2. The van der Waals surface area contributed by atoms with Crippen LogP contribution in [0.25, 0.3) is 0 Å². The molecule has 2 saturated carbocycles. The Morgan fingerprint density at radius 1 is 1.00 bits per heavy atom. The number of hydrogen-bond donors (Lipinski definition) is 1. The summed E-state index contributed by atoms with van der Waals surface area (Å²) in [6, 6.07) is 0.679. The predicted octanol–water partition coefficient (Wildman–Crippen LogP) is 2.97. The molecular weight excluding hydrogens is 226 g/mol. The van der Waals surface area contributed by atoms with Crippen LogP contribution in [0.1, 0.15) is 74.9 Å². The van der Waals surface area contributed by atoms with Crippen LogP contribution in [0.3, 0.4) is 0 Å². The van der Waals surface area contributed by atoms with E-state index in [1.165, 1.54) is 51.4 Å². The maximum absolute atomic E-state index is 5.50. The van der Waals surface area contributed by atoms with Gasteiger partial charge in [0, 0.05) is 17.9 Å². The molecule has 1 N–H and O–H groups in total. The summed E-state index contributed by atoms with van der Waals surface area (Å²) in [7, 11) is 2.05. The molecule has 0 saturated heterocycles. The summed E-state index contributed by atoms with van der Waals surface area (Å²) < 4.78 is 5.50. The van der Waals surface area contributed by atoms with Crippen LogP contribution >= 0.6 is 0 Å². The smallest absolute Gasteiger partial charge is 0.229 e. The molecule has 2 aliphatic carbocycles. The molecule has 1 aromatic rings. The van der Waals surface area contributed by atoms with Gasteiger partial charge in [0.1, 0.15) is 0 Å². The average molecular weight is 249 g/mol. The Labute approximate surface area is 109 Å². The average Bonchev–Trinajstić information content (AvgIpc) is 3.09. The molecule has 3 rings (SSSR count). The molecule has 2 fully saturated rings. The molecule has 0 spiro atoms. The van der Waals surface area contributed by atoms with Crippen molar-refractivity contribution >= 4 is 0 Å². The topological polar surface area (TPSA) is 51.0 Å². The van der Waals surface area contributed by atoms with Crippen molar-refractivity contribution in [2.75, 3.05) is 7.05 Å². The fourth-order valence-corrected chi connectivity index (χ4v) is 3.39. The van der Waals surface area contributed by atoms with E-state index in [4.69, 9.17) is 4.52 Å². The van der Waals surface area contributed by atoms with Gasteiger partial charge in [0.05, 0.1) is 0 Å². The van der Waals surface area contributed by atoms with Crippen molar-refractivity contribution in [3.05, 3.63) is 11.7 Å². The molecule has 0 aromatic carbocycles. The second-order valence-electron chi connectivity index (χ2n) is 5.81. The quantitative estimate of drug-likeness (QED) is 0.894. The Balaban J connectivity index is 1.62.